The van der Waals surface area contributed by atoms with Crippen molar-refractivity contribution in [3.63, 3.8) is 0 Å². The molecule has 3 nitrogen and oxygen atoms in total. The standard InChI is InChI=1S/C15H23N3/c1-11(17)13(9-16)14-6-5-12(10-18-14)7-8-15(2,3)4/h5-6,9-10H,1,7-8,16-17H2,2-4H3. The third-order valence-electron chi connectivity index (χ3n) is 2.78. The molecule has 0 unspecified atom stereocenters. The summed E-state index contributed by atoms with van der Waals surface area (Å²) >= 11 is 0. The molecule has 0 aliphatic heterocycles. The molecule has 1 heterocycles. The minimum atomic E-state index is 0.340. The molecule has 0 aliphatic rings. The van der Waals surface area contributed by atoms with Crippen LogP contribution in [0.15, 0.2) is 36.8 Å². The normalized spacial score (nSPS) is 12.5. The van der Waals surface area contributed by atoms with E-state index >= 15 is 0 Å². The third kappa shape index (κ3) is 4.24. The van der Waals surface area contributed by atoms with Gasteiger partial charge < -0.3 is 11.5 Å². The van der Waals surface area contributed by atoms with Gasteiger partial charge in [-0.2, -0.15) is 0 Å². The van der Waals surface area contributed by atoms with Crippen molar-refractivity contribution in [3.05, 3.63) is 48.1 Å². The van der Waals surface area contributed by atoms with E-state index in [2.05, 4.69) is 38.4 Å². The number of rotatable bonds is 4. The summed E-state index contributed by atoms with van der Waals surface area (Å²) < 4.78 is 0. The van der Waals surface area contributed by atoms with Gasteiger partial charge in [-0.15, -0.1) is 0 Å². The number of allylic oxidation sites excluding steroid dienone is 1. The monoisotopic (exact) mass is 245 g/mol. The minimum Gasteiger partial charge on any atom is -0.404 e. The maximum absolute atomic E-state index is 5.65. The van der Waals surface area contributed by atoms with Gasteiger partial charge >= 0.3 is 0 Å². The molecule has 0 spiro atoms. The molecule has 1 aromatic rings. The van der Waals surface area contributed by atoms with E-state index in [1.165, 1.54) is 11.8 Å². The highest BCUT2D eigenvalue weighted by Crippen LogP contribution is 2.22. The van der Waals surface area contributed by atoms with E-state index in [0.29, 0.717) is 16.7 Å². The molecule has 0 radical (unpaired) electrons. The largest absolute Gasteiger partial charge is 0.404 e. The van der Waals surface area contributed by atoms with Crippen LogP contribution in [0.2, 0.25) is 0 Å². The third-order valence-corrected chi connectivity index (χ3v) is 2.78. The number of aromatic nitrogens is 1. The zero-order valence-electron chi connectivity index (χ0n) is 11.5. The Labute approximate surface area is 110 Å². The Kier molecular flexibility index (Phi) is 4.54. The van der Waals surface area contributed by atoms with Gasteiger partial charge in [-0.05, 0) is 29.9 Å². The zero-order chi connectivity index (χ0) is 13.8. The fourth-order valence-electron chi connectivity index (χ4n) is 1.61. The topological polar surface area (TPSA) is 64.9 Å². The van der Waals surface area contributed by atoms with Crippen LogP contribution in [0, 0.1) is 5.41 Å². The summed E-state index contributed by atoms with van der Waals surface area (Å²) in [5, 5.41) is 0. The minimum absolute atomic E-state index is 0.340. The predicted molar refractivity (Wildman–Crippen MR) is 77.5 cm³/mol. The molecule has 98 valence electrons. The van der Waals surface area contributed by atoms with Crippen molar-refractivity contribution in [1.82, 2.24) is 4.98 Å². The molecular weight excluding hydrogens is 222 g/mol. The maximum Gasteiger partial charge on any atom is 0.0737 e. The molecule has 3 heteroatoms. The van der Waals surface area contributed by atoms with E-state index in [1.807, 2.05) is 12.3 Å². The van der Waals surface area contributed by atoms with E-state index in [-0.39, 0.29) is 0 Å². The molecule has 0 saturated carbocycles. The van der Waals surface area contributed by atoms with E-state index < -0.39 is 0 Å². The summed E-state index contributed by atoms with van der Waals surface area (Å²) in [5.41, 5.74) is 14.6. The van der Waals surface area contributed by atoms with E-state index in [4.69, 9.17) is 11.5 Å². The fraction of sp³-hybridized carbons (Fsp3) is 0.400. The van der Waals surface area contributed by atoms with Crippen LogP contribution in [0.25, 0.3) is 5.57 Å². The van der Waals surface area contributed by atoms with Crippen molar-refractivity contribution in [2.75, 3.05) is 0 Å². The molecule has 1 aromatic heterocycles. The van der Waals surface area contributed by atoms with Crippen molar-refractivity contribution in [1.29, 1.82) is 0 Å². The molecule has 0 atom stereocenters. The number of nitrogens with two attached hydrogens (primary N) is 2. The van der Waals surface area contributed by atoms with Crippen LogP contribution in [-0.2, 0) is 6.42 Å². The molecule has 4 N–H and O–H groups in total. The van der Waals surface area contributed by atoms with Crippen LogP contribution in [0.4, 0.5) is 0 Å². The first-order chi connectivity index (χ1) is 8.33. The Hall–Kier alpha value is -1.77. The van der Waals surface area contributed by atoms with Crippen LogP contribution in [0.5, 0.6) is 0 Å². The van der Waals surface area contributed by atoms with Gasteiger partial charge in [-0.1, -0.05) is 33.4 Å². The van der Waals surface area contributed by atoms with Crippen molar-refractivity contribution in [2.24, 2.45) is 16.9 Å². The van der Waals surface area contributed by atoms with Gasteiger partial charge in [0.1, 0.15) is 0 Å². The van der Waals surface area contributed by atoms with Crippen LogP contribution in [-0.4, -0.2) is 4.98 Å². The van der Waals surface area contributed by atoms with Gasteiger partial charge in [0, 0.05) is 23.7 Å². The van der Waals surface area contributed by atoms with Gasteiger partial charge in [0.05, 0.1) is 5.69 Å². The van der Waals surface area contributed by atoms with Crippen LogP contribution < -0.4 is 11.5 Å². The lowest BCUT2D eigenvalue weighted by molar-refractivity contribution is 0.378. The lowest BCUT2D eigenvalue weighted by Gasteiger charge is -2.17. The molecule has 0 fully saturated rings. The van der Waals surface area contributed by atoms with Gasteiger partial charge in [0.25, 0.3) is 0 Å². The predicted octanol–water partition coefficient (Wildman–Crippen LogP) is 2.83. The number of pyridine rings is 1. The number of hydrogen-bond donors (Lipinski definition) is 2. The molecule has 0 aromatic carbocycles. The van der Waals surface area contributed by atoms with Crippen molar-refractivity contribution in [2.45, 2.75) is 33.6 Å². The quantitative estimate of drug-likeness (QED) is 0.802. The Balaban J connectivity index is 2.77. The summed E-state index contributed by atoms with van der Waals surface area (Å²) in [7, 11) is 0. The highest BCUT2D eigenvalue weighted by atomic mass is 14.7. The maximum atomic E-state index is 5.65. The first kappa shape index (κ1) is 14.3. The molecule has 0 saturated heterocycles. The zero-order valence-corrected chi connectivity index (χ0v) is 11.5. The van der Waals surface area contributed by atoms with Gasteiger partial charge in [-0.3, -0.25) is 4.98 Å². The van der Waals surface area contributed by atoms with E-state index in [0.717, 1.165) is 18.5 Å². The first-order valence-corrected chi connectivity index (χ1v) is 6.15. The summed E-state index contributed by atoms with van der Waals surface area (Å²) in [5.74, 6) is 0. The second-order valence-corrected chi connectivity index (χ2v) is 5.72. The summed E-state index contributed by atoms with van der Waals surface area (Å²) in [6.45, 7) is 10.4. The summed E-state index contributed by atoms with van der Waals surface area (Å²) in [6.07, 6.45) is 5.49. The number of nitrogens with zero attached hydrogens (tertiary/aromatic N) is 1. The first-order valence-electron chi connectivity index (χ1n) is 6.15. The van der Waals surface area contributed by atoms with E-state index in [9.17, 15) is 0 Å². The second kappa shape index (κ2) is 5.71. The van der Waals surface area contributed by atoms with Gasteiger partial charge in [0.2, 0.25) is 0 Å². The summed E-state index contributed by atoms with van der Waals surface area (Å²) in [6, 6.07) is 4.01. The van der Waals surface area contributed by atoms with Crippen LogP contribution in [0.3, 0.4) is 0 Å². The Morgan fingerprint density at radius 1 is 1.39 bits per heavy atom. The molecule has 0 amide bonds. The average molecular weight is 245 g/mol. The second-order valence-electron chi connectivity index (χ2n) is 5.72. The molecule has 1 rings (SSSR count). The SMILES string of the molecule is C=C(N)C(=CN)c1ccc(CCC(C)(C)C)cn1. The number of hydrogen-bond acceptors (Lipinski definition) is 3. The Bertz CT molecular complexity index is 436. The molecule has 0 bridgehead atoms. The van der Waals surface area contributed by atoms with Gasteiger partial charge in [-0.25, -0.2) is 0 Å². The van der Waals surface area contributed by atoms with Crippen molar-refractivity contribution < 1.29 is 0 Å². The Morgan fingerprint density at radius 3 is 2.44 bits per heavy atom. The van der Waals surface area contributed by atoms with Gasteiger partial charge in [0.15, 0.2) is 0 Å². The molecular formula is C15H23N3. The Morgan fingerprint density at radius 2 is 2.06 bits per heavy atom. The highest BCUT2D eigenvalue weighted by Gasteiger charge is 2.10. The number of aryl methyl sites for hydroxylation is 1. The van der Waals surface area contributed by atoms with Crippen molar-refractivity contribution >= 4 is 5.57 Å². The van der Waals surface area contributed by atoms with Crippen molar-refractivity contribution in [3.8, 4) is 0 Å². The lowest BCUT2D eigenvalue weighted by Crippen LogP contribution is -2.07. The molecule has 0 aliphatic carbocycles. The molecule has 18 heavy (non-hydrogen) atoms. The summed E-state index contributed by atoms with van der Waals surface area (Å²) in [4.78, 5) is 4.38. The highest BCUT2D eigenvalue weighted by molar-refractivity contribution is 5.74. The fourth-order valence-corrected chi connectivity index (χ4v) is 1.61. The van der Waals surface area contributed by atoms with Crippen LogP contribution >= 0.6 is 0 Å². The smallest absolute Gasteiger partial charge is 0.0737 e. The van der Waals surface area contributed by atoms with Crippen LogP contribution in [0.1, 0.15) is 38.4 Å². The van der Waals surface area contributed by atoms with E-state index in [1.54, 1.807) is 0 Å². The lowest BCUT2D eigenvalue weighted by atomic mass is 9.89. The average Bonchev–Trinajstić information content (AvgIpc) is 2.27.